The zero-order chi connectivity index (χ0) is 20.3. The fourth-order valence-electron chi connectivity index (χ4n) is 3.23. The zero-order valence-corrected chi connectivity index (χ0v) is 17.6. The first-order chi connectivity index (χ1) is 14.1. The Morgan fingerprint density at radius 3 is 1.81 bits per heavy atom. The maximum atomic E-state index is 9.40. The fourth-order valence-corrected chi connectivity index (χ4v) is 5.19. The summed E-state index contributed by atoms with van der Waals surface area (Å²) >= 11 is 0. The molecule has 31 heavy (non-hydrogen) atoms. The molecule has 0 aromatic heterocycles. The molecule has 3 aromatic rings. The Balaban J connectivity index is 0.000000343. The van der Waals surface area contributed by atoms with Crippen molar-refractivity contribution in [1.82, 2.24) is 0 Å². The van der Waals surface area contributed by atoms with Crippen LogP contribution in [0.5, 0.6) is 17.2 Å². The molecule has 6 heteroatoms. The number of hydrogen-bond acceptors (Lipinski definition) is 5. The van der Waals surface area contributed by atoms with Gasteiger partial charge in [0.2, 0.25) is 0 Å². The van der Waals surface area contributed by atoms with Crippen molar-refractivity contribution in [3.05, 3.63) is 89.0 Å². The summed E-state index contributed by atoms with van der Waals surface area (Å²) < 4.78 is 23.3. The van der Waals surface area contributed by atoms with Crippen LogP contribution in [0.2, 0.25) is 0 Å². The van der Waals surface area contributed by atoms with Gasteiger partial charge < -0.3 is 22.8 Å². The van der Waals surface area contributed by atoms with Crippen molar-refractivity contribution in [2.75, 3.05) is 0 Å². The van der Waals surface area contributed by atoms with Crippen LogP contribution >= 0.6 is 0 Å². The molecule has 3 aromatic carbocycles. The second-order valence-electron chi connectivity index (χ2n) is 6.93. The average Bonchev–Trinajstić information content (AvgIpc) is 2.76. The fraction of sp³-hybridized carbons (Fsp3) is 0.280. The lowest BCUT2D eigenvalue weighted by Crippen LogP contribution is -2.58. The predicted octanol–water partition coefficient (Wildman–Crippen LogP) is 6.29. The van der Waals surface area contributed by atoms with Gasteiger partial charge in [-0.1, -0.05) is 76.4 Å². The molecule has 2 aliphatic heterocycles. The molecular formula is C25H33O5Si+. The van der Waals surface area contributed by atoms with Gasteiger partial charge in [-0.2, -0.15) is 0 Å². The largest absolute Gasteiger partial charge is 1.00 e. The van der Waals surface area contributed by atoms with Gasteiger partial charge in [-0.3, -0.25) is 0 Å². The second kappa shape index (κ2) is 10.5. The number of aromatic hydroxyl groups is 1. The summed E-state index contributed by atoms with van der Waals surface area (Å²) in [4.78, 5) is 0. The monoisotopic (exact) mass is 441 g/mol. The predicted molar refractivity (Wildman–Crippen MR) is 126 cm³/mol. The molecule has 0 atom stereocenters. The number of phenols is 1. The van der Waals surface area contributed by atoms with Crippen molar-refractivity contribution < 1.29 is 24.2 Å². The average molecular weight is 442 g/mol. The van der Waals surface area contributed by atoms with Gasteiger partial charge >= 0.3 is 10.5 Å². The molecule has 0 fully saturated rings. The van der Waals surface area contributed by atoms with E-state index in [1.165, 1.54) is 0 Å². The van der Waals surface area contributed by atoms with E-state index in [1.807, 2.05) is 80.6 Å². The minimum Gasteiger partial charge on any atom is -0.507 e. The van der Waals surface area contributed by atoms with E-state index in [4.69, 9.17) is 17.7 Å². The molecule has 1 N–H and O–H groups in total. The number of aryl methyl sites for hydroxylation is 2. The topological polar surface area (TPSA) is 57.2 Å². The number of hydrogen-bond donors (Lipinski definition) is 1. The molecule has 0 amide bonds. The summed E-state index contributed by atoms with van der Waals surface area (Å²) in [5.41, 5.74) is 4.03. The molecule has 0 saturated heterocycles. The first-order valence-corrected chi connectivity index (χ1v) is 11.3. The zero-order valence-electron chi connectivity index (χ0n) is 17.6. The van der Waals surface area contributed by atoms with Crippen LogP contribution in [0.3, 0.4) is 0 Å². The summed E-state index contributed by atoms with van der Waals surface area (Å²) in [6.45, 7) is 4.87. The van der Waals surface area contributed by atoms with Crippen molar-refractivity contribution >= 4 is 9.05 Å². The molecule has 166 valence electrons. The summed E-state index contributed by atoms with van der Waals surface area (Å²) in [6.07, 6.45) is 0.896. The minimum absolute atomic E-state index is 0. The Labute approximate surface area is 188 Å². The van der Waals surface area contributed by atoms with Gasteiger partial charge in [-0.05, 0) is 36.6 Å². The van der Waals surface area contributed by atoms with E-state index >= 15 is 0 Å². The summed E-state index contributed by atoms with van der Waals surface area (Å²) in [5.74, 6) is 2.03. The molecule has 0 saturated carbocycles. The van der Waals surface area contributed by atoms with Crippen LogP contribution in [0.1, 0.15) is 45.5 Å². The van der Waals surface area contributed by atoms with Crippen molar-refractivity contribution in [3.63, 3.8) is 0 Å². The molecule has 2 aliphatic rings. The Bertz CT molecular complexity index is 956. The van der Waals surface area contributed by atoms with Crippen LogP contribution in [0, 0.1) is 6.92 Å². The van der Waals surface area contributed by atoms with E-state index < -0.39 is 9.05 Å². The molecular weight excluding hydrogens is 408 g/mol. The van der Waals surface area contributed by atoms with E-state index in [9.17, 15) is 5.11 Å². The molecule has 5 nitrogen and oxygen atoms in total. The quantitative estimate of drug-likeness (QED) is 0.450. The maximum Gasteiger partial charge on any atom is 1.00 e. The molecule has 0 aliphatic carbocycles. The highest BCUT2D eigenvalue weighted by molar-refractivity contribution is 6.55. The third-order valence-electron chi connectivity index (χ3n) is 4.93. The highest BCUT2D eigenvalue weighted by atomic mass is 28.4. The van der Waals surface area contributed by atoms with E-state index in [2.05, 4.69) is 0 Å². The highest BCUT2D eigenvalue weighted by Gasteiger charge is 2.56. The van der Waals surface area contributed by atoms with Crippen molar-refractivity contribution in [3.8, 4) is 17.2 Å². The van der Waals surface area contributed by atoms with Gasteiger partial charge in [0.15, 0.2) is 0 Å². The van der Waals surface area contributed by atoms with Gasteiger partial charge in [0.05, 0.1) is 13.2 Å². The number of rotatable bonds is 1. The normalized spacial score (nSPS) is 14.8. The number of benzene rings is 3. The second-order valence-corrected chi connectivity index (χ2v) is 8.92. The van der Waals surface area contributed by atoms with Crippen molar-refractivity contribution in [2.24, 2.45) is 0 Å². The van der Waals surface area contributed by atoms with Gasteiger partial charge in [0.1, 0.15) is 17.2 Å². The standard InChI is InChI=1S/C14H12O4Si.C9H12O.2CH4/c1-3-7-13-11(5-1)9-15-19(17-13)16-10-12-6-2-4-8-14(12)18-19;1-3-8-6-4-5-7(2)9(8)10;;/h1-8H,9-10H2;4-6,10H,3H2,1-2H3;2*1H4/p+1. The lowest BCUT2D eigenvalue weighted by atomic mass is 10.1. The molecule has 5 rings (SSSR count). The highest BCUT2D eigenvalue weighted by Crippen LogP contribution is 2.35. The van der Waals surface area contributed by atoms with E-state index in [0.29, 0.717) is 19.0 Å². The maximum absolute atomic E-state index is 9.40. The number of phenolic OH excluding ortho intramolecular Hbond substituents is 1. The van der Waals surface area contributed by atoms with E-state index in [-0.39, 0.29) is 16.3 Å². The molecule has 0 unspecified atom stereocenters. The van der Waals surface area contributed by atoms with Crippen LogP contribution in [0.25, 0.3) is 0 Å². The third-order valence-corrected chi connectivity index (χ3v) is 6.86. The van der Waals surface area contributed by atoms with Crippen LogP contribution in [-0.2, 0) is 28.5 Å². The van der Waals surface area contributed by atoms with Crippen LogP contribution in [-0.4, -0.2) is 14.2 Å². The molecule has 1 spiro atoms. The summed E-state index contributed by atoms with van der Waals surface area (Å²) in [5, 5.41) is 9.40. The third kappa shape index (κ3) is 5.28. The van der Waals surface area contributed by atoms with Gasteiger partial charge in [-0.25, -0.2) is 0 Å². The summed E-state index contributed by atoms with van der Waals surface area (Å²) in [7, 11) is -3.07. The van der Waals surface area contributed by atoms with E-state index in [1.54, 1.807) is 0 Å². The Hall–Kier alpha value is -2.80. The molecule has 0 bridgehead atoms. The van der Waals surface area contributed by atoms with Gasteiger partial charge in [0.25, 0.3) is 0 Å². The first-order valence-electron chi connectivity index (χ1n) is 9.69. The lowest BCUT2D eigenvalue weighted by Gasteiger charge is -2.35. The van der Waals surface area contributed by atoms with Gasteiger partial charge in [0, 0.05) is 11.1 Å². The van der Waals surface area contributed by atoms with Crippen LogP contribution in [0.15, 0.2) is 66.7 Å². The van der Waals surface area contributed by atoms with Crippen molar-refractivity contribution in [1.29, 1.82) is 0 Å². The smallest absolute Gasteiger partial charge is 0.507 e. The molecule has 0 radical (unpaired) electrons. The van der Waals surface area contributed by atoms with Crippen LogP contribution < -0.4 is 8.85 Å². The Kier molecular flexibility index (Phi) is 8.27. The SMILES string of the molecule is C.C.CCc1cccc(C)c1O.[H+].c1ccc2c(c1)CO[Si]1(OCc3ccccc3O1)O2. The van der Waals surface area contributed by atoms with E-state index in [0.717, 1.165) is 40.2 Å². The summed E-state index contributed by atoms with van der Waals surface area (Å²) in [6, 6.07) is 21.4. The number of para-hydroxylation sites is 3. The Morgan fingerprint density at radius 1 is 0.806 bits per heavy atom. The van der Waals surface area contributed by atoms with Crippen molar-refractivity contribution in [2.45, 2.75) is 48.3 Å². The van der Waals surface area contributed by atoms with Gasteiger partial charge in [-0.15, -0.1) is 0 Å². The Morgan fingerprint density at radius 2 is 1.32 bits per heavy atom. The minimum atomic E-state index is -3.07. The molecule has 2 heterocycles. The number of fused-ring (bicyclic) bond motifs is 2. The first kappa shape index (κ1) is 24.5. The lowest BCUT2D eigenvalue weighted by molar-refractivity contribution is 0.00537. The van der Waals surface area contributed by atoms with Crippen LogP contribution in [0.4, 0.5) is 0 Å².